The number of alkyl halides is 3. The van der Waals surface area contributed by atoms with Crippen LogP contribution in [0.2, 0.25) is 0 Å². The van der Waals surface area contributed by atoms with Crippen LogP contribution in [0.3, 0.4) is 0 Å². The third-order valence-corrected chi connectivity index (χ3v) is 4.77. The number of nitrogens with zero attached hydrogens (tertiary/aromatic N) is 3. The molecular weight excluding hydrogens is 331 g/mol. The van der Waals surface area contributed by atoms with Crippen LogP contribution in [0, 0.1) is 5.92 Å². The molecule has 0 radical (unpaired) electrons. The zero-order valence-corrected chi connectivity index (χ0v) is 13.5. The number of nitrogens with one attached hydrogen (secondary N) is 2. The van der Waals surface area contributed by atoms with Crippen LogP contribution >= 0.6 is 0 Å². The van der Waals surface area contributed by atoms with Crippen LogP contribution in [-0.4, -0.2) is 25.9 Å². The van der Waals surface area contributed by atoms with Crippen LogP contribution in [0.25, 0.3) is 10.9 Å². The van der Waals surface area contributed by atoms with Crippen LogP contribution in [0.5, 0.6) is 0 Å². The van der Waals surface area contributed by atoms with Gasteiger partial charge in [-0.2, -0.15) is 13.2 Å². The van der Waals surface area contributed by atoms with Gasteiger partial charge in [-0.1, -0.05) is 12.1 Å². The van der Waals surface area contributed by atoms with E-state index in [1.54, 1.807) is 4.57 Å². The summed E-state index contributed by atoms with van der Waals surface area (Å²) in [6.45, 7) is 0.911. The number of hydrogen-bond donors (Lipinski definition) is 2. The van der Waals surface area contributed by atoms with Gasteiger partial charge in [0, 0.05) is 36.6 Å². The molecule has 0 bridgehead atoms. The number of benzene rings is 1. The van der Waals surface area contributed by atoms with Crippen LogP contribution in [0.15, 0.2) is 30.5 Å². The second kappa shape index (κ2) is 6.18. The van der Waals surface area contributed by atoms with E-state index in [1.807, 2.05) is 30.5 Å². The predicted molar refractivity (Wildman–Crippen MR) is 86.7 cm³/mol. The van der Waals surface area contributed by atoms with Crippen molar-refractivity contribution in [2.45, 2.75) is 38.7 Å². The number of hydrogen-bond acceptors (Lipinski definition) is 3. The molecule has 1 aliphatic heterocycles. The van der Waals surface area contributed by atoms with Gasteiger partial charge in [-0.15, -0.1) is 10.2 Å². The highest BCUT2D eigenvalue weighted by Crippen LogP contribution is 2.34. The number of fused-ring (bicyclic) bond motifs is 2. The average molecular weight is 349 g/mol. The molecule has 0 saturated heterocycles. The monoisotopic (exact) mass is 349 g/mol. The first-order valence-electron chi connectivity index (χ1n) is 8.26. The molecule has 8 heteroatoms. The molecule has 3 heterocycles. The van der Waals surface area contributed by atoms with Crippen molar-refractivity contribution in [1.29, 1.82) is 0 Å². The van der Waals surface area contributed by atoms with Gasteiger partial charge in [0.25, 0.3) is 0 Å². The summed E-state index contributed by atoms with van der Waals surface area (Å²) in [6, 6.07) is 8.02. The lowest BCUT2D eigenvalue weighted by Crippen LogP contribution is -2.33. The van der Waals surface area contributed by atoms with E-state index in [1.165, 1.54) is 0 Å². The number of aromatic amines is 1. The smallest absolute Gasteiger partial charge is 0.361 e. The van der Waals surface area contributed by atoms with Crippen LogP contribution < -0.4 is 5.32 Å². The standard InChI is InChI=1S/C17H18F3N5/c18-17(19,20)12-4-5-15-23-24-16(25(15)10-12)9-21-8-11-2-1-3-14-13(11)6-7-22-14/h1-3,6-7,12,21-22H,4-5,8-10H2. The summed E-state index contributed by atoms with van der Waals surface area (Å²) in [5.41, 5.74) is 2.19. The molecule has 132 valence electrons. The van der Waals surface area contributed by atoms with E-state index in [0.29, 0.717) is 31.2 Å². The van der Waals surface area contributed by atoms with E-state index in [0.717, 1.165) is 16.5 Å². The maximum Gasteiger partial charge on any atom is 0.393 e. The molecule has 0 fully saturated rings. The largest absolute Gasteiger partial charge is 0.393 e. The first-order chi connectivity index (χ1) is 12.0. The Hall–Kier alpha value is -2.35. The zero-order chi connectivity index (χ0) is 17.4. The van der Waals surface area contributed by atoms with Crippen molar-refractivity contribution in [2.24, 2.45) is 5.92 Å². The van der Waals surface area contributed by atoms with Gasteiger partial charge in [-0.25, -0.2) is 0 Å². The van der Waals surface area contributed by atoms with Gasteiger partial charge in [0.05, 0.1) is 12.5 Å². The lowest BCUT2D eigenvalue weighted by atomic mass is 9.99. The highest BCUT2D eigenvalue weighted by atomic mass is 19.4. The van der Waals surface area contributed by atoms with Gasteiger partial charge in [0.2, 0.25) is 0 Å². The molecule has 1 aliphatic rings. The molecule has 2 N–H and O–H groups in total. The number of halogens is 3. The van der Waals surface area contributed by atoms with Crippen molar-refractivity contribution in [3.63, 3.8) is 0 Å². The SMILES string of the molecule is FC(F)(F)C1CCc2nnc(CNCc3cccc4[nH]ccc34)n2C1. The third kappa shape index (κ3) is 3.13. The van der Waals surface area contributed by atoms with Crippen LogP contribution in [-0.2, 0) is 26.1 Å². The Balaban J connectivity index is 1.45. The fourth-order valence-corrected chi connectivity index (χ4v) is 3.39. The van der Waals surface area contributed by atoms with Crippen molar-refractivity contribution in [3.05, 3.63) is 47.7 Å². The summed E-state index contributed by atoms with van der Waals surface area (Å²) in [7, 11) is 0. The van der Waals surface area contributed by atoms with Crippen molar-refractivity contribution >= 4 is 10.9 Å². The van der Waals surface area contributed by atoms with Gasteiger partial charge < -0.3 is 14.9 Å². The number of aryl methyl sites for hydroxylation is 1. The zero-order valence-electron chi connectivity index (χ0n) is 13.5. The highest BCUT2D eigenvalue weighted by Gasteiger charge is 2.42. The lowest BCUT2D eigenvalue weighted by Gasteiger charge is -2.26. The predicted octanol–water partition coefficient (Wildman–Crippen LogP) is 3.17. The van der Waals surface area contributed by atoms with E-state index in [-0.39, 0.29) is 13.0 Å². The van der Waals surface area contributed by atoms with Crippen molar-refractivity contribution in [3.8, 4) is 0 Å². The minimum absolute atomic E-state index is 0.0871. The summed E-state index contributed by atoms with van der Waals surface area (Å²) in [5, 5.41) is 12.5. The summed E-state index contributed by atoms with van der Waals surface area (Å²) >= 11 is 0. The average Bonchev–Trinajstić information content (AvgIpc) is 3.21. The maximum atomic E-state index is 13.0. The first-order valence-corrected chi connectivity index (χ1v) is 8.26. The summed E-state index contributed by atoms with van der Waals surface area (Å²) in [6.07, 6.45) is -1.87. The number of H-pyrrole nitrogens is 1. The van der Waals surface area contributed by atoms with E-state index >= 15 is 0 Å². The topological polar surface area (TPSA) is 58.5 Å². The second-order valence-corrected chi connectivity index (χ2v) is 6.38. The highest BCUT2D eigenvalue weighted by molar-refractivity contribution is 5.82. The molecule has 1 aromatic carbocycles. The second-order valence-electron chi connectivity index (χ2n) is 6.38. The molecule has 5 nitrogen and oxygen atoms in total. The van der Waals surface area contributed by atoms with E-state index < -0.39 is 12.1 Å². The van der Waals surface area contributed by atoms with E-state index in [9.17, 15) is 13.2 Å². The molecule has 25 heavy (non-hydrogen) atoms. The minimum Gasteiger partial charge on any atom is -0.361 e. The number of rotatable bonds is 4. The maximum absolute atomic E-state index is 13.0. The normalized spacial score (nSPS) is 17.8. The molecule has 1 unspecified atom stereocenters. The van der Waals surface area contributed by atoms with Crippen molar-refractivity contribution < 1.29 is 13.2 Å². The lowest BCUT2D eigenvalue weighted by molar-refractivity contribution is -0.182. The number of aromatic nitrogens is 4. The molecule has 0 amide bonds. The molecule has 1 atom stereocenters. The first kappa shape index (κ1) is 16.1. The molecule has 0 spiro atoms. The van der Waals surface area contributed by atoms with Gasteiger partial charge in [-0.3, -0.25) is 0 Å². The fraction of sp³-hybridized carbons (Fsp3) is 0.412. The summed E-state index contributed by atoms with van der Waals surface area (Å²) < 4.78 is 40.6. The van der Waals surface area contributed by atoms with Gasteiger partial charge in [0.1, 0.15) is 11.6 Å². The van der Waals surface area contributed by atoms with Gasteiger partial charge in [0.15, 0.2) is 0 Å². The Bertz CT molecular complexity index is 880. The van der Waals surface area contributed by atoms with Crippen LogP contribution in [0.1, 0.15) is 23.6 Å². The third-order valence-electron chi connectivity index (χ3n) is 4.77. The van der Waals surface area contributed by atoms with Gasteiger partial charge in [-0.05, 0) is 24.1 Å². The molecule has 4 rings (SSSR count). The molecular formula is C17H18F3N5. The molecule has 0 aliphatic carbocycles. The van der Waals surface area contributed by atoms with Crippen molar-refractivity contribution in [1.82, 2.24) is 25.1 Å². The van der Waals surface area contributed by atoms with Gasteiger partial charge >= 0.3 is 6.18 Å². The quantitative estimate of drug-likeness (QED) is 0.761. The Labute approximate surface area is 142 Å². The van der Waals surface area contributed by atoms with E-state index in [2.05, 4.69) is 20.5 Å². The Morgan fingerprint density at radius 2 is 2.08 bits per heavy atom. The molecule has 0 saturated carbocycles. The Kier molecular flexibility index (Phi) is 3.99. The molecule has 2 aromatic heterocycles. The summed E-state index contributed by atoms with van der Waals surface area (Å²) in [4.78, 5) is 3.16. The van der Waals surface area contributed by atoms with Crippen LogP contribution in [0.4, 0.5) is 13.2 Å². The fourth-order valence-electron chi connectivity index (χ4n) is 3.39. The van der Waals surface area contributed by atoms with Crippen molar-refractivity contribution in [2.75, 3.05) is 0 Å². The summed E-state index contributed by atoms with van der Waals surface area (Å²) in [5.74, 6) is -0.112. The molecule has 3 aromatic rings. The Morgan fingerprint density at radius 1 is 1.20 bits per heavy atom. The minimum atomic E-state index is -4.17. The van der Waals surface area contributed by atoms with E-state index in [4.69, 9.17) is 0 Å². The Morgan fingerprint density at radius 3 is 2.92 bits per heavy atom.